The molecule has 2 aliphatic heterocycles. The molecule has 12 unspecified atom stereocenters. The van der Waals surface area contributed by atoms with Crippen LogP contribution in [0.1, 0.15) is 271 Å². The van der Waals surface area contributed by atoms with Gasteiger partial charge in [-0.25, -0.2) is 0 Å². The Morgan fingerprint density at radius 1 is 0.462 bits per heavy atom. The molecule has 1 amide bonds. The van der Waals surface area contributed by atoms with E-state index in [0.717, 1.165) is 64.2 Å². The molecule has 14 nitrogen and oxygen atoms in total. The second kappa shape index (κ2) is 49.8. The topological polar surface area (TPSA) is 228 Å². The van der Waals surface area contributed by atoms with E-state index in [1.165, 1.54) is 173 Å². The van der Waals surface area contributed by atoms with Crippen LogP contribution in [0.4, 0.5) is 0 Å². The second-order valence-corrected chi connectivity index (χ2v) is 22.9. The number of allylic oxidation sites excluding steroid dienone is 6. The summed E-state index contributed by atoms with van der Waals surface area (Å²) in [6.07, 6.45) is 44.2. The van der Waals surface area contributed by atoms with E-state index in [0.29, 0.717) is 19.3 Å². The second-order valence-electron chi connectivity index (χ2n) is 22.9. The number of aliphatic hydroxyl groups excluding tert-OH is 8. The van der Waals surface area contributed by atoms with Crippen LogP contribution in [0.5, 0.6) is 0 Å². The maximum atomic E-state index is 13.3. The highest BCUT2D eigenvalue weighted by molar-refractivity contribution is 5.76. The lowest BCUT2D eigenvalue weighted by Gasteiger charge is -2.46. The molecule has 0 aromatic carbocycles. The molecule has 0 aliphatic carbocycles. The lowest BCUT2D eigenvalue weighted by atomic mass is 9.97. The first-order chi connectivity index (χ1) is 38.1. The van der Waals surface area contributed by atoms with Crippen molar-refractivity contribution in [3.05, 3.63) is 36.5 Å². The highest BCUT2D eigenvalue weighted by Gasteiger charge is 2.51. The number of aliphatic hydroxyl groups is 8. The lowest BCUT2D eigenvalue weighted by Crippen LogP contribution is -2.65. The third-order valence-corrected chi connectivity index (χ3v) is 15.9. The van der Waals surface area contributed by atoms with Crippen molar-refractivity contribution in [2.24, 2.45) is 0 Å². The zero-order chi connectivity index (χ0) is 56.7. The number of unbranched alkanes of at least 4 members (excludes halogenated alkanes) is 33. The Morgan fingerprint density at radius 2 is 0.846 bits per heavy atom. The molecule has 0 aromatic rings. The third-order valence-electron chi connectivity index (χ3n) is 15.9. The number of carbonyl (C=O) groups excluding carboxylic acids is 1. The Bertz CT molecular complexity index is 1450. The standard InChI is InChI=1S/C64H119NO13/c1-3-5-7-9-11-13-15-17-19-21-23-25-26-28-30-32-34-36-38-40-42-44-46-48-56(69)65-52(53(68)47-45-43-41-39-37-35-33-31-29-27-24-22-20-18-16-14-12-10-8-6-4-2)51-75-63-61(74)59(72)62(55(50-67)77-63)78-64-60(73)58(71)57(70)54(49-66)76-64/h15,17,21,23,26,28,52-55,57-64,66-68,70-74H,3-14,16,18-20,22,24-25,27,29-51H2,1-2H3,(H,65,69)/b17-15-,23-21-,28-26-. The van der Waals surface area contributed by atoms with Crippen LogP contribution in [0, 0.1) is 0 Å². The van der Waals surface area contributed by atoms with E-state index in [4.69, 9.17) is 18.9 Å². The molecule has 2 saturated heterocycles. The maximum Gasteiger partial charge on any atom is 0.220 e. The Kier molecular flexibility index (Phi) is 46.2. The van der Waals surface area contributed by atoms with Crippen LogP contribution in [-0.2, 0) is 23.7 Å². The zero-order valence-electron chi connectivity index (χ0n) is 49.4. The van der Waals surface area contributed by atoms with Gasteiger partial charge in [-0.05, 0) is 51.4 Å². The molecule has 0 bridgehead atoms. The number of hydrogen-bond donors (Lipinski definition) is 9. The highest BCUT2D eigenvalue weighted by atomic mass is 16.7. The van der Waals surface area contributed by atoms with E-state index in [1.54, 1.807) is 0 Å². The summed E-state index contributed by atoms with van der Waals surface area (Å²) in [4.78, 5) is 13.3. The van der Waals surface area contributed by atoms with Crippen LogP contribution in [0.3, 0.4) is 0 Å². The van der Waals surface area contributed by atoms with Crippen LogP contribution in [0.15, 0.2) is 36.5 Å². The maximum absolute atomic E-state index is 13.3. The van der Waals surface area contributed by atoms with Crippen molar-refractivity contribution in [2.45, 2.75) is 344 Å². The average molecular weight is 1110 g/mol. The first kappa shape index (κ1) is 72.3. The van der Waals surface area contributed by atoms with Crippen LogP contribution in [0.25, 0.3) is 0 Å². The van der Waals surface area contributed by atoms with Crippen molar-refractivity contribution in [3.63, 3.8) is 0 Å². The molecule has 0 spiro atoms. The summed E-state index contributed by atoms with van der Waals surface area (Å²) in [7, 11) is 0. The van der Waals surface area contributed by atoms with Crippen molar-refractivity contribution in [2.75, 3.05) is 19.8 Å². The van der Waals surface area contributed by atoms with E-state index >= 15 is 0 Å². The van der Waals surface area contributed by atoms with Gasteiger partial charge in [-0.2, -0.15) is 0 Å². The first-order valence-electron chi connectivity index (χ1n) is 32.2. The smallest absolute Gasteiger partial charge is 0.220 e. The monoisotopic (exact) mass is 1110 g/mol. The van der Waals surface area contributed by atoms with E-state index in [9.17, 15) is 45.6 Å². The molecule has 0 aromatic heterocycles. The molecule has 78 heavy (non-hydrogen) atoms. The normalized spacial score (nSPS) is 24.7. The predicted octanol–water partition coefficient (Wildman–Crippen LogP) is 11.8. The third kappa shape index (κ3) is 34.6. The van der Waals surface area contributed by atoms with E-state index in [1.807, 2.05) is 0 Å². The molecule has 0 saturated carbocycles. The SMILES string of the molecule is CCCCCCC/C=C\C/C=C\C/C=C\CCCCCCCCCCC(=O)NC(COC1OC(CO)C(OC2OC(CO)C(O)C(O)C2O)C(O)C1O)C(O)CCCCCCCCCCCCCCCCCCCCCCC. The molecular weight excluding hydrogens is 991 g/mol. The minimum absolute atomic E-state index is 0.211. The van der Waals surface area contributed by atoms with Gasteiger partial charge < -0.3 is 65.1 Å². The Labute approximate surface area is 474 Å². The Morgan fingerprint density at radius 3 is 1.29 bits per heavy atom. The van der Waals surface area contributed by atoms with Crippen molar-refractivity contribution in [1.82, 2.24) is 5.32 Å². The number of carbonyl (C=O) groups is 1. The first-order valence-corrected chi connectivity index (χ1v) is 32.2. The molecule has 2 fully saturated rings. The van der Waals surface area contributed by atoms with Gasteiger partial charge in [-0.1, -0.05) is 249 Å². The number of nitrogens with one attached hydrogen (secondary N) is 1. The van der Waals surface area contributed by atoms with Gasteiger partial charge in [-0.3, -0.25) is 4.79 Å². The van der Waals surface area contributed by atoms with E-state index in [-0.39, 0.29) is 12.5 Å². The van der Waals surface area contributed by atoms with E-state index < -0.39 is 86.8 Å². The molecule has 0 radical (unpaired) electrons. The van der Waals surface area contributed by atoms with Crippen LogP contribution < -0.4 is 5.32 Å². The predicted molar refractivity (Wildman–Crippen MR) is 314 cm³/mol. The average Bonchev–Trinajstić information content (AvgIpc) is 3.48. The van der Waals surface area contributed by atoms with E-state index in [2.05, 4.69) is 55.6 Å². The van der Waals surface area contributed by atoms with Crippen LogP contribution >= 0.6 is 0 Å². The lowest BCUT2D eigenvalue weighted by molar-refractivity contribution is -0.359. The van der Waals surface area contributed by atoms with Crippen molar-refractivity contribution in [3.8, 4) is 0 Å². The minimum Gasteiger partial charge on any atom is -0.394 e. The summed E-state index contributed by atoms with van der Waals surface area (Å²) in [5, 5.41) is 87.4. The Balaban J connectivity index is 1.73. The summed E-state index contributed by atoms with van der Waals surface area (Å²) < 4.78 is 22.9. The van der Waals surface area contributed by atoms with Gasteiger partial charge in [0.15, 0.2) is 12.6 Å². The van der Waals surface area contributed by atoms with Gasteiger partial charge >= 0.3 is 0 Å². The summed E-state index contributed by atoms with van der Waals surface area (Å²) in [5.74, 6) is -0.211. The van der Waals surface area contributed by atoms with Crippen molar-refractivity contribution < 1.29 is 64.6 Å². The summed E-state index contributed by atoms with van der Waals surface area (Å²) in [6, 6.07) is -0.834. The Hall–Kier alpha value is -1.79. The molecule has 9 N–H and O–H groups in total. The van der Waals surface area contributed by atoms with Crippen LogP contribution in [-0.4, -0.2) is 140 Å². The molecule has 12 atom stereocenters. The van der Waals surface area contributed by atoms with Crippen molar-refractivity contribution in [1.29, 1.82) is 0 Å². The minimum atomic E-state index is -1.78. The molecule has 2 aliphatic rings. The summed E-state index contributed by atoms with van der Waals surface area (Å²) in [5.41, 5.74) is 0. The molecular formula is C64H119NO13. The molecule has 14 heteroatoms. The molecule has 458 valence electrons. The fraction of sp³-hybridized carbons (Fsp3) is 0.891. The number of hydrogen-bond acceptors (Lipinski definition) is 13. The summed E-state index contributed by atoms with van der Waals surface area (Å²) >= 11 is 0. The quantitative estimate of drug-likeness (QED) is 0.0204. The van der Waals surface area contributed by atoms with Gasteiger partial charge in [0.25, 0.3) is 0 Å². The summed E-state index contributed by atoms with van der Waals surface area (Å²) in [6.45, 7) is 2.87. The number of rotatable bonds is 52. The number of ether oxygens (including phenoxy) is 4. The van der Waals surface area contributed by atoms with Gasteiger partial charge in [0.2, 0.25) is 5.91 Å². The fourth-order valence-corrected chi connectivity index (χ4v) is 10.7. The number of amides is 1. The van der Waals surface area contributed by atoms with Crippen LogP contribution in [0.2, 0.25) is 0 Å². The van der Waals surface area contributed by atoms with Gasteiger partial charge in [0, 0.05) is 6.42 Å². The van der Waals surface area contributed by atoms with Crippen molar-refractivity contribution >= 4 is 5.91 Å². The van der Waals surface area contributed by atoms with Gasteiger partial charge in [0.05, 0.1) is 32.0 Å². The zero-order valence-corrected chi connectivity index (χ0v) is 49.4. The fourth-order valence-electron chi connectivity index (χ4n) is 10.7. The molecule has 2 heterocycles. The highest BCUT2D eigenvalue weighted by Crippen LogP contribution is 2.30. The largest absolute Gasteiger partial charge is 0.394 e. The van der Waals surface area contributed by atoms with Gasteiger partial charge in [0.1, 0.15) is 48.8 Å². The van der Waals surface area contributed by atoms with Gasteiger partial charge in [-0.15, -0.1) is 0 Å². The molecule has 2 rings (SSSR count).